The summed E-state index contributed by atoms with van der Waals surface area (Å²) in [5, 5.41) is 1.16. The molecule has 0 bridgehead atoms. The third-order valence-electron chi connectivity index (χ3n) is 0.816. The molecule has 0 aliphatic rings. The molecule has 0 N–H and O–H groups in total. The highest BCUT2D eigenvalue weighted by atomic mass is 28.2. The van der Waals surface area contributed by atoms with Gasteiger partial charge in [-0.05, 0) is 0 Å². The van der Waals surface area contributed by atoms with Gasteiger partial charge in [-0.15, -0.1) is 0 Å². The van der Waals surface area contributed by atoms with Crippen molar-refractivity contribution in [3.63, 3.8) is 0 Å². The molecule has 0 saturated carbocycles. The lowest BCUT2D eigenvalue weighted by atomic mass is 10.6. The zero-order chi connectivity index (χ0) is 4.28. The second-order valence-corrected chi connectivity index (χ2v) is 8.05. The van der Waals surface area contributed by atoms with Crippen molar-refractivity contribution < 1.29 is 0 Å². The third kappa shape index (κ3) is 4.43. The Kier molecular flexibility index (Phi) is 2.89. The highest BCUT2D eigenvalue weighted by Gasteiger charge is 1.80. The van der Waals surface area contributed by atoms with Gasteiger partial charge in [0.15, 0.2) is 0 Å². The van der Waals surface area contributed by atoms with Crippen LogP contribution in [0.3, 0.4) is 0 Å². The van der Waals surface area contributed by atoms with E-state index in [1.54, 1.807) is 0 Å². The molecule has 0 rings (SSSR count). The molecule has 0 radical (unpaired) electrons. The molecular formula is C3H12Si2. The lowest BCUT2D eigenvalue weighted by Gasteiger charge is -1.89. The average molecular weight is 104 g/mol. The van der Waals surface area contributed by atoms with Gasteiger partial charge in [-0.25, -0.2) is 0 Å². The molecule has 0 nitrogen and oxygen atoms in total. The summed E-state index contributed by atoms with van der Waals surface area (Å²) in [4.78, 5) is 0. The first-order valence-electron chi connectivity index (χ1n) is 2.27. The minimum atomic E-state index is 1.16. The van der Waals surface area contributed by atoms with Crippen LogP contribution in [-0.2, 0) is 0 Å². The van der Waals surface area contributed by atoms with Crippen molar-refractivity contribution in [1.82, 2.24) is 0 Å². The average Bonchev–Trinajstić information content (AvgIpc) is 1.38. The van der Waals surface area contributed by atoms with Crippen molar-refractivity contribution >= 4 is 20.5 Å². The van der Waals surface area contributed by atoms with E-state index in [0.717, 1.165) is 5.16 Å². The van der Waals surface area contributed by atoms with E-state index in [1.807, 2.05) is 0 Å². The molecule has 5 heavy (non-hydrogen) atoms. The molecule has 0 heterocycles. The maximum absolute atomic E-state index is 2.27. The van der Waals surface area contributed by atoms with Gasteiger partial charge in [-0.3, -0.25) is 0 Å². The molecule has 0 spiro atoms. The van der Waals surface area contributed by atoms with E-state index in [-0.39, 0.29) is 0 Å². The summed E-state index contributed by atoms with van der Waals surface area (Å²) in [7, 11) is 2.86. The Hall–Kier alpha value is 0.434. The van der Waals surface area contributed by atoms with Crippen LogP contribution in [-0.4, -0.2) is 20.5 Å². The van der Waals surface area contributed by atoms with E-state index in [9.17, 15) is 0 Å². The summed E-state index contributed by atoms with van der Waals surface area (Å²) >= 11 is 0. The Morgan fingerprint density at radius 3 is 1.80 bits per heavy atom. The van der Waals surface area contributed by atoms with Gasteiger partial charge in [0.05, 0.1) is 0 Å². The van der Waals surface area contributed by atoms with Crippen LogP contribution in [0.5, 0.6) is 0 Å². The fourth-order valence-electron chi connectivity index (χ4n) is 0. The van der Waals surface area contributed by atoms with Crippen molar-refractivity contribution in [2.24, 2.45) is 0 Å². The standard InChI is InChI=1S/C3H12Si2/c1-2-3(4)5/h3H,2H2,1,4-5H3. The van der Waals surface area contributed by atoms with Crippen LogP contribution in [0.2, 0.25) is 5.16 Å². The first kappa shape index (κ1) is 5.43. The zero-order valence-corrected chi connectivity index (χ0v) is 8.28. The molecule has 0 amide bonds. The van der Waals surface area contributed by atoms with Crippen LogP contribution < -0.4 is 0 Å². The highest BCUT2D eigenvalue weighted by molar-refractivity contribution is 6.35. The van der Waals surface area contributed by atoms with Crippen LogP contribution in [0.1, 0.15) is 13.3 Å². The maximum Gasteiger partial charge on any atom is 0.00243 e. The van der Waals surface area contributed by atoms with Crippen LogP contribution in [0.25, 0.3) is 0 Å². The molecule has 0 aromatic rings. The van der Waals surface area contributed by atoms with Crippen molar-refractivity contribution in [2.75, 3.05) is 0 Å². The summed E-state index contributed by atoms with van der Waals surface area (Å²) in [5.41, 5.74) is 0. The van der Waals surface area contributed by atoms with Crippen LogP contribution in [0, 0.1) is 0 Å². The monoisotopic (exact) mass is 104 g/mol. The first-order valence-corrected chi connectivity index (χ1v) is 4.58. The Morgan fingerprint density at radius 2 is 1.80 bits per heavy atom. The second kappa shape index (κ2) is 2.66. The Bertz CT molecular complexity index is 18.9. The Labute approximate surface area is 39.8 Å². The predicted octanol–water partition coefficient (Wildman–Crippen LogP) is -1.13. The fraction of sp³-hybridized carbons (Fsp3) is 1.00. The fourth-order valence-corrected chi connectivity index (χ4v) is 0. The molecule has 2 heteroatoms. The number of hydrogen-bond acceptors (Lipinski definition) is 0. The predicted molar refractivity (Wildman–Crippen MR) is 33.9 cm³/mol. The van der Waals surface area contributed by atoms with Crippen LogP contribution in [0.4, 0.5) is 0 Å². The van der Waals surface area contributed by atoms with E-state index in [0.29, 0.717) is 0 Å². The van der Waals surface area contributed by atoms with Crippen LogP contribution in [0.15, 0.2) is 0 Å². The molecule has 0 atom stereocenters. The normalized spacial score (nSPS) is 16.2. The van der Waals surface area contributed by atoms with E-state index in [2.05, 4.69) is 6.92 Å². The molecule has 0 aromatic heterocycles. The van der Waals surface area contributed by atoms with Crippen molar-refractivity contribution in [3.8, 4) is 0 Å². The van der Waals surface area contributed by atoms with Gasteiger partial charge in [0.1, 0.15) is 0 Å². The lowest BCUT2D eigenvalue weighted by Crippen LogP contribution is -1.84. The molecule has 32 valence electrons. The van der Waals surface area contributed by atoms with Crippen LogP contribution >= 0.6 is 0 Å². The van der Waals surface area contributed by atoms with Gasteiger partial charge >= 0.3 is 0 Å². The lowest BCUT2D eigenvalue weighted by molar-refractivity contribution is 1.02. The minimum Gasteiger partial charge on any atom is -0.0665 e. The molecule has 0 aromatic carbocycles. The molecule has 0 fully saturated rings. The quantitative estimate of drug-likeness (QED) is 0.369. The molecular weight excluding hydrogens is 92.2 g/mol. The maximum atomic E-state index is 2.27. The molecule has 0 aliphatic carbocycles. The largest absolute Gasteiger partial charge is 0.0665 e. The third-order valence-corrected chi connectivity index (χ3v) is 2.45. The summed E-state index contributed by atoms with van der Waals surface area (Å²) in [5.74, 6) is 0. The van der Waals surface area contributed by atoms with Gasteiger partial charge in [0.25, 0.3) is 0 Å². The minimum absolute atomic E-state index is 1.16. The van der Waals surface area contributed by atoms with E-state index in [4.69, 9.17) is 0 Å². The Morgan fingerprint density at radius 1 is 1.60 bits per heavy atom. The smallest absolute Gasteiger partial charge is 0.00243 e. The van der Waals surface area contributed by atoms with Gasteiger partial charge in [0.2, 0.25) is 0 Å². The van der Waals surface area contributed by atoms with Gasteiger partial charge in [-0.1, -0.05) is 18.5 Å². The van der Waals surface area contributed by atoms with Gasteiger partial charge in [-0.2, -0.15) is 0 Å². The Balaban J connectivity index is 2.54. The highest BCUT2D eigenvalue weighted by Crippen LogP contribution is 1.92. The second-order valence-electron chi connectivity index (χ2n) is 1.80. The van der Waals surface area contributed by atoms with Crippen molar-refractivity contribution in [1.29, 1.82) is 0 Å². The summed E-state index contributed by atoms with van der Waals surface area (Å²) in [6.45, 7) is 2.27. The SMILES string of the molecule is CCC([SiH3])[SiH3]. The summed E-state index contributed by atoms with van der Waals surface area (Å²) < 4.78 is 0. The molecule has 0 aliphatic heterocycles. The molecule has 0 saturated heterocycles. The van der Waals surface area contributed by atoms with Crippen molar-refractivity contribution in [3.05, 3.63) is 0 Å². The topological polar surface area (TPSA) is 0 Å². The van der Waals surface area contributed by atoms with Gasteiger partial charge < -0.3 is 0 Å². The van der Waals surface area contributed by atoms with E-state index >= 15 is 0 Å². The number of rotatable bonds is 1. The summed E-state index contributed by atoms with van der Waals surface area (Å²) in [6.07, 6.45) is 1.43. The molecule has 0 unspecified atom stereocenters. The van der Waals surface area contributed by atoms with Crippen molar-refractivity contribution in [2.45, 2.75) is 18.5 Å². The number of hydrogen-bond donors (Lipinski definition) is 0. The van der Waals surface area contributed by atoms with E-state index in [1.165, 1.54) is 26.9 Å². The first-order chi connectivity index (χ1) is 2.27. The summed E-state index contributed by atoms with van der Waals surface area (Å²) in [6, 6.07) is 0. The van der Waals surface area contributed by atoms with Gasteiger partial charge in [0, 0.05) is 20.5 Å². The van der Waals surface area contributed by atoms with E-state index < -0.39 is 0 Å². The zero-order valence-electron chi connectivity index (χ0n) is 4.28.